The summed E-state index contributed by atoms with van der Waals surface area (Å²) in [6.07, 6.45) is 7.50. The molecule has 0 atom stereocenters. The van der Waals surface area contributed by atoms with Crippen molar-refractivity contribution in [3.63, 3.8) is 0 Å². The lowest BCUT2D eigenvalue weighted by Gasteiger charge is -2.11. The number of nitrogens with two attached hydrogens (primary N) is 1. The largest absolute Gasteiger partial charge is 0.460 e. The van der Waals surface area contributed by atoms with E-state index in [0.717, 1.165) is 12.8 Å². The maximum atomic E-state index is 5.69. The van der Waals surface area contributed by atoms with Gasteiger partial charge in [-0.05, 0) is 25.7 Å². The summed E-state index contributed by atoms with van der Waals surface area (Å²) in [5, 5.41) is 3.94. The molecule has 8 nitrogen and oxygen atoms in total. The molecular formula is C10H13N7O. The molecule has 1 fully saturated rings. The average molecular weight is 247 g/mol. The highest BCUT2D eigenvalue weighted by molar-refractivity contribution is 5.24. The Labute approximate surface area is 103 Å². The van der Waals surface area contributed by atoms with Gasteiger partial charge in [-0.1, -0.05) is 0 Å². The molecule has 0 saturated heterocycles. The Bertz CT molecular complexity index is 521. The van der Waals surface area contributed by atoms with Gasteiger partial charge >= 0.3 is 6.01 Å². The number of nitrogens with zero attached hydrogens (tertiary/aromatic N) is 6. The highest BCUT2D eigenvalue weighted by atomic mass is 16.5. The molecule has 0 unspecified atom stereocenters. The Hall–Kier alpha value is -2.25. The van der Waals surface area contributed by atoms with Gasteiger partial charge in [0.25, 0.3) is 5.95 Å². The van der Waals surface area contributed by atoms with Crippen LogP contribution in [0.4, 0.5) is 5.95 Å². The predicted octanol–water partition coefficient (Wildman–Crippen LogP) is 0.356. The zero-order valence-corrected chi connectivity index (χ0v) is 9.73. The van der Waals surface area contributed by atoms with Crippen LogP contribution in [0.2, 0.25) is 0 Å². The number of anilines is 1. The van der Waals surface area contributed by atoms with Crippen molar-refractivity contribution in [1.29, 1.82) is 0 Å². The number of rotatable bonds is 3. The van der Waals surface area contributed by atoms with Crippen molar-refractivity contribution >= 4 is 5.95 Å². The Balaban J connectivity index is 1.86. The van der Waals surface area contributed by atoms with Crippen LogP contribution in [-0.2, 0) is 0 Å². The van der Waals surface area contributed by atoms with Gasteiger partial charge in [0.15, 0.2) is 0 Å². The van der Waals surface area contributed by atoms with Crippen LogP contribution in [0.3, 0.4) is 0 Å². The Morgan fingerprint density at radius 3 is 2.78 bits per heavy atom. The molecule has 0 radical (unpaired) electrons. The van der Waals surface area contributed by atoms with Crippen LogP contribution in [0, 0.1) is 0 Å². The van der Waals surface area contributed by atoms with E-state index >= 15 is 0 Å². The summed E-state index contributed by atoms with van der Waals surface area (Å²) in [7, 11) is 0. The summed E-state index contributed by atoms with van der Waals surface area (Å²) in [5.41, 5.74) is 5.64. The Morgan fingerprint density at radius 1 is 1.22 bits per heavy atom. The fraction of sp³-hybridized carbons (Fsp3) is 0.500. The molecule has 8 heteroatoms. The second-order valence-electron chi connectivity index (χ2n) is 4.14. The first-order chi connectivity index (χ1) is 8.81. The third-order valence-corrected chi connectivity index (χ3v) is 2.82. The lowest BCUT2D eigenvalue weighted by Crippen LogP contribution is -2.15. The molecular weight excluding hydrogens is 234 g/mol. The van der Waals surface area contributed by atoms with Crippen molar-refractivity contribution in [2.75, 3.05) is 5.73 Å². The minimum Gasteiger partial charge on any atom is -0.460 e. The van der Waals surface area contributed by atoms with E-state index in [0.29, 0.717) is 5.95 Å². The quantitative estimate of drug-likeness (QED) is 0.834. The molecule has 2 N–H and O–H groups in total. The summed E-state index contributed by atoms with van der Waals surface area (Å²) in [5.74, 6) is 0.427. The third-order valence-electron chi connectivity index (χ3n) is 2.82. The van der Waals surface area contributed by atoms with Gasteiger partial charge in [0, 0.05) is 0 Å². The third kappa shape index (κ3) is 2.22. The standard InChI is InChI=1S/C10H13N7O/c11-8-14-9(17-6-12-5-13-17)16-10(15-8)18-7-3-1-2-4-7/h5-7H,1-4H2,(H2,11,14,15,16). The minimum absolute atomic E-state index is 0.114. The van der Waals surface area contributed by atoms with E-state index in [9.17, 15) is 0 Å². The second kappa shape index (κ2) is 4.55. The van der Waals surface area contributed by atoms with Crippen molar-refractivity contribution < 1.29 is 4.74 Å². The van der Waals surface area contributed by atoms with Crippen LogP contribution >= 0.6 is 0 Å². The maximum absolute atomic E-state index is 5.69. The van der Waals surface area contributed by atoms with E-state index in [1.165, 1.54) is 30.2 Å². The predicted molar refractivity (Wildman–Crippen MR) is 62.0 cm³/mol. The van der Waals surface area contributed by atoms with Gasteiger partial charge in [0.05, 0.1) is 0 Å². The van der Waals surface area contributed by atoms with Gasteiger partial charge < -0.3 is 10.5 Å². The molecule has 2 heterocycles. The molecule has 2 aromatic heterocycles. The molecule has 0 bridgehead atoms. The summed E-state index contributed by atoms with van der Waals surface area (Å²) >= 11 is 0. The molecule has 1 saturated carbocycles. The number of hydrogen-bond donors (Lipinski definition) is 1. The zero-order chi connectivity index (χ0) is 12.4. The van der Waals surface area contributed by atoms with Gasteiger partial charge in [0.1, 0.15) is 18.8 Å². The van der Waals surface area contributed by atoms with Crippen LogP contribution in [-0.4, -0.2) is 35.8 Å². The van der Waals surface area contributed by atoms with Gasteiger partial charge in [-0.25, -0.2) is 4.98 Å². The second-order valence-corrected chi connectivity index (χ2v) is 4.14. The van der Waals surface area contributed by atoms with Crippen molar-refractivity contribution in [1.82, 2.24) is 29.7 Å². The van der Waals surface area contributed by atoms with Crippen LogP contribution in [0.15, 0.2) is 12.7 Å². The average Bonchev–Trinajstić information content (AvgIpc) is 3.00. The molecule has 0 spiro atoms. The smallest absolute Gasteiger partial charge is 0.323 e. The molecule has 1 aliphatic carbocycles. The summed E-state index contributed by atoms with van der Waals surface area (Å²) < 4.78 is 7.11. The highest BCUT2D eigenvalue weighted by Gasteiger charge is 2.18. The Morgan fingerprint density at radius 2 is 2.06 bits per heavy atom. The minimum atomic E-state index is 0.114. The normalized spacial score (nSPS) is 16.0. The van der Waals surface area contributed by atoms with Crippen molar-refractivity contribution in [3.05, 3.63) is 12.7 Å². The van der Waals surface area contributed by atoms with Gasteiger partial charge in [-0.3, -0.25) is 0 Å². The van der Waals surface area contributed by atoms with Gasteiger partial charge in [-0.2, -0.15) is 24.7 Å². The van der Waals surface area contributed by atoms with E-state index in [1.807, 2.05) is 0 Å². The van der Waals surface area contributed by atoms with Crippen molar-refractivity contribution in [2.45, 2.75) is 31.8 Å². The van der Waals surface area contributed by atoms with Crippen molar-refractivity contribution in [2.24, 2.45) is 0 Å². The van der Waals surface area contributed by atoms with E-state index in [1.54, 1.807) is 0 Å². The molecule has 2 aromatic rings. The van der Waals surface area contributed by atoms with E-state index in [2.05, 4.69) is 25.0 Å². The number of aromatic nitrogens is 6. The lowest BCUT2D eigenvalue weighted by atomic mass is 10.3. The first-order valence-corrected chi connectivity index (χ1v) is 5.84. The van der Waals surface area contributed by atoms with Crippen LogP contribution in [0.25, 0.3) is 5.95 Å². The molecule has 18 heavy (non-hydrogen) atoms. The van der Waals surface area contributed by atoms with Crippen LogP contribution in [0.5, 0.6) is 6.01 Å². The fourth-order valence-electron chi connectivity index (χ4n) is 1.98. The SMILES string of the molecule is Nc1nc(OC2CCCC2)nc(-n2cncn2)n1. The molecule has 1 aliphatic rings. The number of ether oxygens (including phenoxy) is 1. The molecule has 0 amide bonds. The maximum Gasteiger partial charge on any atom is 0.323 e. The molecule has 94 valence electrons. The van der Waals surface area contributed by atoms with Crippen molar-refractivity contribution in [3.8, 4) is 12.0 Å². The number of nitrogen functional groups attached to an aromatic ring is 1. The molecule has 0 aromatic carbocycles. The number of hydrogen-bond acceptors (Lipinski definition) is 7. The van der Waals surface area contributed by atoms with E-state index in [-0.39, 0.29) is 18.1 Å². The van der Waals surface area contributed by atoms with Gasteiger partial charge in [0.2, 0.25) is 5.95 Å². The summed E-state index contributed by atoms with van der Waals surface area (Å²) in [4.78, 5) is 16.0. The lowest BCUT2D eigenvalue weighted by molar-refractivity contribution is 0.192. The topological polar surface area (TPSA) is 105 Å². The monoisotopic (exact) mass is 247 g/mol. The summed E-state index contributed by atoms with van der Waals surface area (Å²) in [6, 6.07) is 0.250. The van der Waals surface area contributed by atoms with Crippen LogP contribution in [0.1, 0.15) is 25.7 Å². The van der Waals surface area contributed by atoms with Gasteiger partial charge in [-0.15, -0.1) is 0 Å². The zero-order valence-electron chi connectivity index (χ0n) is 9.73. The molecule has 3 rings (SSSR count). The fourth-order valence-corrected chi connectivity index (χ4v) is 1.98. The van der Waals surface area contributed by atoms with E-state index in [4.69, 9.17) is 10.5 Å². The Kier molecular flexibility index (Phi) is 2.75. The summed E-state index contributed by atoms with van der Waals surface area (Å²) in [6.45, 7) is 0. The van der Waals surface area contributed by atoms with E-state index < -0.39 is 0 Å². The molecule has 0 aliphatic heterocycles. The first-order valence-electron chi connectivity index (χ1n) is 5.84. The first kappa shape index (κ1) is 10.9. The van der Waals surface area contributed by atoms with Crippen LogP contribution < -0.4 is 10.5 Å². The highest BCUT2D eigenvalue weighted by Crippen LogP contribution is 2.22.